The number of rotatable bonds is 4. The first kappa shape index (κ1) is 9.99. The van der Waals surface area contributed by atoms with Gasteiger partial charge < -0.3 is 10.8 Å². The molecule has 0 aliphatic rings. The summed E-state index contributed by atoms with van der Waals surface area (Å²) in [6.07, 6.45) is 4.71. The van der Waals surface area contributed by atoms with Crippen molar-refractivity contribution in [1.29, 1.82) is 0 Å². The zero-order chi connectivity index (χ0) is 9.68. The molecule has 0 aliphatic carbocycles. The van der Waals surface area contributed by atoms with Crippen molar-refractivity contribution >= 4 is 0 Å². The smallest absolute Gasteiger partial charge is 0.138 e. The van der Waals surface area contributed by atoms with Crippen LogP contribution in [0, 0.1) is 0 Å². The van der Waals surface area contributed by atoms with Crippen molar-refractivity contribution in [3.63, 3.8) is 0 Å². The maximum Gasteiger partial charge on any atom is 0.138 e. The molecule has 0 radical (unpaired) electrons. The molecule has 0 spiro atoms. The summed E-state index contributed by atoms with van der Waals surface area (Å²) in [6.45, 7) is 2.12. The molecule has 1 aromatic heterocycles. The summed E-state index contributed by atoms with van der Waals surface area (Å²) >= 11 is 0. The number of pyridine rings is 1. The maximum absolute atomic E-state index is 9.44. The molecule has 0 aromatic carbocycles. The van der Waals surface area contributed by atoms with Gasteiger partial charge in [0.05, 0.1) is 11.7 Å². The predicted molar refractivity (Wildman–Crippen MR) is 52.4 cm³/mol. The number of hydrogen-bond acceptors (Lipinski definition) is 3. The Morgan fingerprint density at radius 1 is 1.62 bits per heavy atom. The summed E-state index contributed by atoms with van der Waals surface area (Å²) in [5.74, 6) is 0.200. The van der Waals surface area contributed by atoms with Crippen LogP contribution in [0.2, 0.25) is 0 Å². The summed E-state index contributed by atoms with van der Waals surface area (Å²) in [6, 6.07) is 3.18. The number of aromatic nitrogens is 1. The second-order valence-corrected chi connectivity index (χ2v) is 3.16. The van der Waals surface area contributed by atoms with Crippen LogP contribution in [-0.2, 0) is 0 Å². The minimum absolute atomic E-state index is 0.138. The average Bonchev–Trinajstić information content (AvgIpc) is 2.15. The van der Waals surface area contributed by atoms with E-state index >= 15 is 0 Å². The highest BCUT2D eigenvalue weighted by Gasteiger charge is 2.10. The van der Waals surface area contributed by atoms with E-state index in [1.807, 2.05) is 0 Å². The predicted octanol–water partition coefficient (Wildman–Crippen LogP) is 1.98. The summed E-state index contributed by atoms with van der Waals surface area (Å²) < 4.78 is 0. The van der Waals surface area contributed by atoms with E-state index < -0.39 is 0 Å². The van der Waals surface area contributed by atoms with Gasteiger partial charge in [0.15, 0.2) is 0 Å². The van der Waals surface area contributed by atoms with Gasteiger partial charge >= 0.3 is 0 Å². The topological polar surface area (TPSA) is 59.1 Å². The molecular formula is C10H16N2O. The fraction of sp³-hybridized carbons (Fsp3) is 0.500. The Balaban J connectivity index is 2.65. The van der Waals surface area contributed by atoms with Gasteiger partial charge in [-0.15, -0.1) is 0 Å². The van der Waals surface area contributed by atoms with E-state index in [1.165, 1.54) is 0 Å². The number of aromatic hydroxyl groups is 1. The Morgan fingerprint density at radius 3 is 3.00 bits per heavy atom. The van der Waals surface area contributed by atoms with Crippen molar-refractivity contribution < 1.29 is 5.11 Å². The van der Waals surface area contributed by atoms with Gasteiger partial charge in [0.2, 0.25) is 0 Å². The second-order valence-electron chi connectivity index (χ2n) is 3.16. The van der Waals surface area contributed by atoms with Gasteiger partial charge in [0.1, 0.15) is 5.75 Å². The van der Waals surface area contributed by atoms with E-state index in [0.29, 0.717) is 5.69 Å². The molecule has 0 unspecified atom stereocenters. The van der Waals surface area contributed by atoms with E-state index in [-0.39, 0.29) is 11.8 Å². The second kappa shape index (κ2) is 4.82. The van der Waals surface area contributed by atoms with Crippen LogP contribution in [0.25, 0.3) is 0 Å². The first-order chi connectivity index (χ1) is 6.25. The lowest BCUT2D eigenvalue weighted by molar-refractivity contribution is 0.450. The highest BCUT2D eigenvalue weighted by atomic mass is 16.3. The first-order valence-corrected chi connectivity index (χ1v) is 4.65. The van der Waals surface area contributed by atoms with Gasteiger partial charge in [-0.05, 0) is 18.6 Å². The molecule has 3 nitrogen and oxygen atoms in total. The molecule has 0 aliphatic heterocycles. The molecule has 0 saturated heterocycles. The van der Waals surface area contributed by atoms with E-state index in [1.54, 1.807) is 18.3 Å². The number of hydrogen-bond donors (Lipinski definition) is 2. The molecule has 0 fully saturated rings. The van der Waals surface area contributed by atoms with Crippen molar-refractivity contribution in [2.24, 2.45) is 5.73 Å². The molecule has 1 rings (SSSR count). The van der Waals surface area contributed by atoms with Crippen molar-refractivity contribution in [3.05, 3.63) is 24.0 Å². The molecule has 1 heterocycles. The quantitative estimate of drug-likeness (QED) is 0.744. The van der Waals surface area contributed by atoms with E-state index in [9.17, 15) is 5.11 Å². The molecule has 72 valence electrons. The van der Waals surface area contributed by atoms with Gasteiger partial charge in [-0.25, -0.2) is 0 Å². The fourth-order valence-electron chi connectivity index (χ4n) is 1.26. The lowest BCUT2D eigenvalue weighted by Crippen LogP contribution is -2.11. The maximum atomic E-state index is 9.44. The normalized spacial score (nSPS) is 12.8. The van der Waals surface area contributed by atoms with E-state index in [4.69, 9.17) is 5.73 Å². The standard InChI is InChI=1S/C10H16N2O/c1-2-3-5-8(11)10-9(13)6-4-7-12-10/h4,6-8,13H,2-3,5,11H2,1H3/t8-/m0/s1. The van der Waals surface area contributed by atoms with Crippen LogP contribution < -0.4 is 5.73 Å². The third kappa shape index (κ3) is 2.70. The largest absolute Gasteiger partial charge is 0.506 e. The molecule has 13 heavy (non-hydrogen) atoms. The van der Waals surface area contributed by atoms with Crippen LogP contribution in [0.1, 0.15) is 37.9 Å². The van der Waals surface area contributed by atoms with E-state index in [2.05, 4.69) is 11.9 Å². The average molecular weight is 180 g/mol. The molecule has 1 atom stereocenters. The number of nitrogens with zero attached hydrogens (tertiary/aromatic N) is 1. The third-order valence-electron chi connectivity index (χ3n) is 2.04. The summed E-state index contributed by atoms with van der Waals surface area (Å²) in [7, 11) is 0. The molecule has 3 heteroatoms. The molecular weight excluding hydrogens is 164 g/mol. The van der Waals surface area contributed by atoms with Crippen LogP contribution in [0.3, 0.4) is 0 Å². The van der Waals surface area contributed by atoms with Crippen molar-refractivity contribution in [1.82, 2.24) is 4.98 Å². The van der Waals surface area contributed by atoms with Gasteiger partial charge in [-0.2, -0.15) is 0 Å². The lowest BCUT2D eigenvalue weighted by atomic mass is 10.1. The molecule has 3 N–H and O–H groups in total. The van der Waals surface area contributed by atoms with Crippen molar-refractivity contribution in [2.75, 3.05) is 0 Å². The third-order valence-corrected chi connectivity index (χ3v) is 2.04. The van der Waals surface area contributed by atoms with Gasteiger partial charge in [0.25, 0.3) is 0 Å². The SMILES string of the molecule is CCCC[C@H](N)c1ncccc1O. The molecule has 0 saturated carbocycles. The molecule has 1 aromatic rings. The summed E-state index contributed by atoms with van der Waals surface area (Å²) in [5.41, 5.74) is 6.47. The number of unbranched alkanes of at least 4 members (excludes halogenated alkanes) is 1. The zero-order valence-electron chi connectivity index (χ0n) is 7.90. The highest BCUT2D eigenvalue weighted by Crippen LogP contribution is 2.22. The van der Waals surface area contributed by atoms with Crippen LogP contribution in [0.5, 0.6) is 5.75 Å². The Kier molecular flexibility index (Phi) is 3.71. The monoisotopic (exact) mass is 180 g/mol. The van der Waals surface area contributed by atoms with Gasteiger partial charge in [-0.1, -0.05) is 19.8 Å². The minimum atomic E-state index is -0.138. The Labute approximate surface area is 78.6 Å². The Morgan fingerprint density at radius 2 is 2.38 bits per heavy atom. The first-order valence-electron chi connectivity index (χ1n) is 4.65. The van der Waals surface area contributed by atoms with Crippen LogP contribution in [0.15, 0.2) is 18.3 Å². The molecule has 0 amide bonds. The summed E-state index contributed by atoms with van der Waals surface area (Å²) in [5, 5.41) is 9.44. The van der Waals surface area contributed by atoms with Crippen LogP contribution >= 0.6 is 0 Å². The van der Waals surface area contributed by atoms with E-state index in [0.717, 1.165) is 19.3 Å². The minimum Gasteiger partial charge on any atom is -0.506 e. The summed E-state index contributed by atoms with van der Waals surface area (Å²) in [4.78, 5) is 4.06. The van der Waals surface area contributed by atoms with Crippen LogP contribution in [0.4, 0.5) is 0 Å². The lowest BCUT2D eigenvalue weighted by Gasteiger charge is -2.11. The Hall–Kier alpha value is -1.09. The fourth-order valence-corrected chi connectivity index (χ4v) is 1.26. The highest BCUT2D eigenvalue weighted by molar-refractivity contribution is 5.27. The Bertz CT molecular complexity index is 263. The van der Waals surface area contributed by atoms with Crippen LogP contribution in [-0.4, -0.2) is 10.1 Å². The van der Waals surface area contributed by atoms with Gasteiger partial charge in [0, 0.05) is 6.20 Å². The molecule has 0 bridgehead atoms. The van der Waals surface area contributed by atoms with Crippen molar-refractivity contribution in [2.45, 2.75) is 32.2 Å². The zero-order valence-corrected chi connectivity index (χ0v) is 7.90. The van der Waals surface area contributed by atoms with Gasteiger partial charge in [-0.3, -0.25) is 4.98 Å². The number of nitrogens with two attached hydrogens (primary N) is 1. The van der Waals surface area contributed by atoms with Crippen molar-refractivity contribution in [3.8, 4) is 5.75 Å².